The van der Waals surface area contributed by atoms with Crippen molar-refractivity contribution in [3.05, 3.63) is 119 Å². The highest BCUT2D eigenvalue weighted by atomic mass is 19.1. The number of aliphatic hydroxyl groups is 1. The zero-order valence-corrected chi connectivity index (χ0v) is 59.5. The van der Waals surface area contributed by atoms with E-state index in [4.69, 9.17) is 33.2 Å². The van der Waals surface area contributed by atoms with Gasteiger partial charge in [0, 0.05) is 78.9 Å². The Morgan fingerprint density at radius 1 is 0.728 bits per heavy atom. The van der Waals surface area contributed by atoms with Crippen LogP contribution in [0.4, 0.5) is 29.7 Å². The number of hydrogen-bond donors (Lipinski definition) is 8. The average Bonchev–Trinajstić information content (AvgIpc) is 1.58. The highest BCUT2D eigenvalue weighted by Gasteiger charge is 2.77. The monoisotopic (exact) mass is 1430 g/mol. The minimum Gasteiger partial charge on any atom is -0.445 e. The minimum atomic E-state index is -2.21. The smallest absolute Gasteiger partial charge is 0.407 e. The summed E-state index contributed by atoms with van der Waals surface area (Å²) in [4.78, 5) is 117. The van der Waals surface area contributed by atoms with Crippen LogP contribution in [0.15, 0.2) is 96.6 Å². The molecule has 9 rings (SSSR count). The molecule has 3 aromatic carbocycles. The fourth-order valence-electron chi connectivity index (χ4n) is 14.9. The molecule has 1 unspecified atom stereocenters. The van der Waals surface area contributed by atoms with Gasteiger partial charge in [0.25, 0.3) is 0 Å². The van der Waals surface area contributed by atoms with Gasteiger partial charge in [-0.25, -0.2) is 18.4 Å². The van der Waals surface area contributed by atoms with E-state index in [-0.39, 0.29) is 140 Å². The van der Waals surface area contributed by atoms with E-state index in [0.29, 0.717) is 62.6 Å². The van der Waals surface area contributed by atoms with Crippen molar-refractivity contribution >= 4 is 64.6 Å². The van der Waals surface area contributed by atoms with Crippen molar-refractivity contribution in [2.45, 2.75) is 167 Å². The number of urea groups is 1. The molecule has 4 fully saturated rings. The van der Waals surface area contributed by atoms with Crippen molar-refractivity contribution in [2.24, 2.45) is 28.6 Å². The van der Waals surface area contributed by atoms with Crippen LogP contribution in [0.25, 0.3) is 0 Å². The van der Waals surface area contributed by atoms with Gasteiger partial charge in [0.05, 0.1) is 83.8 Å². The molecule has 1 saturated heterocycles. The number of ether oxygens (including phenoxy) is 7. The number of carbonyl (C=O) groups is 9. The van der Waals surface area contributed by atoms with Crippen molar-refractivity contribution in [3.8, 4) is 11.8 Å². The Balaban J connectivity index is 0.644. The van der Waals surface area contributed by atoms with E-state index in [9.17, 15) is 48.3 Å². The number of fused-ring (bicyclic) bond motifs is 9. The van der Waals surface area contributed by atoms with Crippen LogP contribution in [0, 0.1) is 40.4 Å². The van der Waals surface area contributed by atoms with Crippen LogP contribution in [0.5, 0.6) is 0 Å². The molecule has 0 radical (unpaired) electrons. The predicted octanol–water partition coefficient (Wildman–Crippen LogP) is 6.65. The number of allylic oxidation sites excluding steroid dienone is 4. The highest BCUT2D eigenvalue weighted by Crippen LogP contribution is 2.72. The largest absolute Gasteiger partial charge is 0.445 e. The lowest BCUT2D eigenvalue weighted by molar-refractivity contribution is -0.233. The fraction of sp³-hybridized carbons (Fsp3) is 0.566. The topological polar surface area (TPSA) is 326 Å². The van der Waals surface area contributed by atoms with E-state index in [1.54, 1.807) is 49.9 Å². The van der Waals surface area contributed by atoms with Gasteiger partial charge in [-0.2, -0.15) is 0 Å². The number of nitrogens with zero attached hydrogens (tertiary/aromatic N) is 1. The molecule has 103 heavy (non-hydrogen) atoms. The molecule has 2 heterocycles. The standard InChI is InChI=1S/C76H98F2N8O17/c1-48(2)68(85-65(91)28-33-97-35-37-99-39-40-100-38-36-98-34-32-79-64(90)25-26-66(92)86-46-53-15-8-7-13-51(53)21-22-52-14-9-10-17-61(52)86)70(94)84-60(69(93)83-54-23-19-50(20-24-54)47-101-72(96)82-45-49(3)87)16-11-30-80-71(95)81-31-12-18-67-102-63-43-56-57-42-59(77)58-41-55(88)27-29-73(58,4)76(57,78)62(89)44-74(56,5)75(63,6)103-67/h7-10,13-15,17,19-20,23-24,27,29,41,48,56-57,59-60,62-63,67-68,89H,11-12,16,18,25-26,28,30-40,42-47H2,1-6H3,(H,79,90)(H,82,96)(H,83,93)(H,84,94)(H,85,91)(H2,80,81,95)/t56-,57-,59-,60-,62-,63+,67?,68-,73-,74-,75+,76-/m0/s1. The van der Waals surface area contributed by atoms with Gasteiger partial charge in [0.1, 0.15) is 36.2 Å². The van der Waals surface area contributed by atoms with E-state index < -0.39 is 106 Å². The van der Waals surface area contributed by atoms with Gasteiger partial charge in [-0.15, -0.1) is 0 Å². The number of alkyl halides is 2. The minimum absolute atomic E-state index is 0.0229. The average molecular weight is 1430 g/mol. The van der Waals surface area contributed by atoms with E-state index in [2.05, 4.69) is 49.1 Å². The maximum atomic E-state index is 17.7. The Morgan fingerprint density at radius 2 is 1.39 bits per heavy atom. The summed E-state index contributed by atoms with van der Waals surface area (Å²) in [5.41, 5.74) is -1.13. The van der Waals surface area contributed by atoms with E-state index in [1.807, 2.05) is 62.4 Å². The number of amides is 8. The first-order valence-electron chi connectivity index (χ1n) is 35.6. The lowest BCUT2D eigenvalue weighted by atomic mass is 9.44. The Morgan fingerprint density at radius 3 is 2.10 bits per heavy atom. The molecule has 8 N–H and O–H groups in total. The van der Waals surface area contributed by atoms with E-state index in [0.717, 1.165) is 16.7 Å². The Kier molecular flexibility index (Phi) is 27.7. The molecule has 4 aliphatic carbocycles. The number of benzene rings is 3. The number of para-hydroxylation sites is 1. The van der Waals surface area contributed by atoms with Gasteiger partial charge >= 0.3 is 12.1 Å². The molecule has 0 bridgehead atoms. The summed E-state index contributed by atoms with van der Waals surface area (Å²) in [6, 6.07) is 18.9. The van der Waals surface area contributed by atoms with Crippen molar-refractivity contribution in [1.29, 1.82) is 0 Å². The van der Waals surface area contributed by atoms with Crippen LogP contribution in [-0.2, 0) is 79.9 Å². The zero-order valence-electron chi connectivity index (χ0n) is 59.5. The number of anilines is 2. The molecule has 12 atom stereocenters. The van der Waals surface area contributed by atoms with Crippen LogP contribution in [-0.4, -0.2) is 185 Å². The summed E-state index contributed by atoms with van der Waals surface area (Å²) in [6.45, 7) is 12.8. The second kappa shape index (κ2) is 36.3. The predicted molar refractivity (Wildman–Crippen MR) is 375 cm³/mol. The van der Waals surface area contributed by atoms with Crippen LogP contribution >= 0.6 is 0 Å². The molecule has 25 nitrogen and oxygen atoms in total. The molecule has 8 amide bonds. The quantitative estimate of drug-likeness (QED) is 0.0223. The Bertz CT molecular complexity index is 3660. The first kappa shape index (κ1) is 78.6. The highest BCUT2D eigenvalue weighted by molar-refractivity contribution is 6.02. The van der Waals surface area contributed by atoms with Crippen LogP contribution in [0.1, 0.15) is 128 Å². The number of carbonyl (C=O) groups excluding carboxylic acids is 9. The van der Waals surface area contributed by atoms with Gasteiger partial charge < -0.3 is 80.4 Å². The third-order valence-electron chi connectivity index (χ3n) is 20.7. The maximum Gasteiger partial charge on any atom is 0.407 e. The zero-order chi connectivity index (χ0) is 73.9. The first-order valence-corrected chi connectivity index (χ1v) is 35.6. The Hall–Kier alpha value is -8.49. The summed E-state index contributed by atoms with van der Waals surface area (Å²) in [6.07, 6.45) is 0.396. The van der Waals surface area contributed by atoms with Gasteiger partial charge in [0.15, 0.2) is 17.7 Å². The maximum absolute atomic E-state index is 17.7. The summed E-state index contributed by atoms with van der Waals surface area (Å²) >= 11 is 0. The van der Waals surface area contributed by atoms with Crippen molar-refractivity contribution in [2.75, 3.05) is 89.3 Å². The number of hydrogen-bond acceptors (Lipinski definition) is 17. The van der Waals surface area contributed by atoms with Crippen molar-refractivity contribution in [1.82, 2.24) is 31.9 Å². The molecule has 6 aliphatic rings. The lowest BCUT2D eigenvalue weighted by Gasteiger charge is -2.63. The van der Waals surface area contributed by atoms with Crippen LogP contribution in [0.2, 0.25) is 0 Å². The Labute approximate surface area is 599 Å². The fourth-order valence-corrected chi connectivity index (χ4v) is 14.9. The summed E-state index contributed by atoms with van der Waals surface area (Å²) in [7, 11) is 0. The number of aliphatic hydroxyl groups excluding tert-OH is 1. The second-order valence-corrected chi connectivity index (χ2v) is 28.0. The number of nitrogens with one attached hydrogen (secondary N) is 7. The second-order valence-electron chi connectivity index (χ2n) is 28.0. The molecule has 0 spiro atoms. The third kappa shape index (κ3) is 19.7. The number of alkyl carbamates (subject to hydrolysis) is 1. The van der Waals surface area contributed by atoms with Gasteiger partial charge in [0.2, 0.25) is 29.5 Å². The number of Topliss-reactive ketones (excluding diaryl/α,β-unsaturated/α-hetero) is 1. The van der Waals surface area contributed by atoms with Gasteiger partial charge in [-0.1, -0.05) is 81.2 Å². The molecular weight excluding hydrogens is 1330 g/mol. The van der Waals surface area contributed by atoms with E-state index in [1.165, 1.54) is 25.2 Å². The summed E-state index contributed by atoms with van der Waals surface area (Å²) in [5, 5.41) is 30.9. The third-order valence-corrected chi connectivity index (χ3v) is 20.7. The van der Waals surface area contributed by atoms with Gasteiger partial charge in [-0.05, 0) is 130 Å². The molecular formula is C76H98F2N8O17. The van der Waals surface area contributed by atoms with Gasteiger partial charge in [-0.3, -0.25) is 33.6 Å². The number of rotatable bonds is 36. The number of halogens is 2. The SMILES string of the molecule is CC(=O)CNC(=O)OCc1ccc(NC(=O)[C@H](CCCNC(=O)NCCCC2O[C@@H]3C[C@H]4[C@@H]5C[C@H](F)C6=CC(=O)C=C[C@]6(C)[C@@]5(F)[C@@H](O)C[C@]4(C)[C@]3(C)O2)NC(=O)[C@@H](NC(=O)CCOCCOCCOCCOCCNC(=O)CCC(=O)N2Cc3ccccc3C#Cc3ccccc32)C(C)C)cc1. The molecule has 27 heteroatoms. The lowest BCUT2D eigenvalue weighted by Crippen LogP contribution is -2.69. The summed E-state index contributed by atoms with van der Waals surface area (Å²) < 4.78 is 74.3. The normalized spacial score (nSPS) is 25.4. The van der Waals surface area contributed by atoms with Crippen molar-refractivity contribution < 1.29 is 90.2 Å². The molecule has 3 saturated carbocycles. The van der Waals surface area contributed by atoms with Crippen molar-refractivity contribution in [3.63, 3.8) is 0 Å². The van der Waals surface area contributed by atoms with E-state index >= 15 is 8.78 Å². The molecule has 2 aliphatic heterocycles. The first-order chi connectivity index (χ1) is 49.3. The van der Waals surface area contributed by atoms with Crippen LogP contribution < -0.4 is 42.1 Å². The summed E-state index contributed by atoms with van der Waals surface area (Å²) in [5.74, 6) is 2.00. The molecule has 558 valence electrons. The molecule has 0 aromatic heterocycles. The number of ketones is 2. The van der Waals surface area contributed by atoms with Crippen LogP contribution in [0.3, 0.4) is 0 Å². The molecule has 3 aromatic rings.